The molecule has 0 aliphatic heterocycles. The molecule has 1 aliphatic carbocycles. The second kappa shape index (κ2) is 8.09. The third kappa shape index (κ3) is 5.77. The number of hydrogen-bond acceptors (Lipinski definition) is 6. The van der Waals surface area contributed by atoms with Crippen LogP contribution in [0.3, 0.4) is 0 Å². The number of nitrogens with two attached hydrogens (primary N) is 1. The molecule has 0 aromatic carbocycles. The lowest BCUT2D eigenvalue weighted by Gasteiger charge is -2.27. The highest BCUT2D eigenvalue weighted by Crippen LogP contribution is 2.29. The zero-order chi connectivity index (χ0) is 15.1. The van der Waals surface area contributed by atoms with Gasteiger partial charge in [0.15, 0.2) is 0 Å². The molecule has 0 aromatic rings. The number of carbonyl (C=O) groups is 2. The van der Waals surface area contributed by atoms with Gasteiger partial charge >= 0.3 is 12.1 Å². The van der Waals surface area contributed by atoms with E-state index in [0.29, 0.717) is 12.5 Å². The summed E-state index contributed by atoms with van der Waals surface area (Å²) in [5, 5.41) is 0. The van der Waals surface area contributed by atoms with Gasteiger partial charge in [0.1, 0.15) is 0 Å². The summed E-state index contributed by atoms with van der Waals surface area (Å²) in [7, 11) is 0. The lowest BCUT2D eigenvalue weighted by molar-refractivity contribution is -0.174. The summed E-state index contributed by atoms with van der Waals surface area (Å²) in [4.78, 5) is 23.2. The molecular weight excluding hydrogens is 262 g/mol. The fraction of sp³-hybridized carbons (Fsp3) is 0.857. The van der Waals surface area contributed by atoms with Crippen molar-refractivity contribution in [2.24, 2.45) is 17.6 Å². The summed E-state index contributed by atoms with van der Waals surface area (Å²) in [5.41, 5.74) is 5.61. The highest BCUT2D eigenvalue weighted by atomic mass is 16.8. The number of rotatable bonds is 5. The van der Waals surface area contributed by atoms with E-state index in [9.17, 15) is 9.59 Å². The van der Waals surface area contributed by atoms with Crippen LogP contribution in [0.1, 0.15) is 46.5 Å². The van der Waals surface area contributed by atoms with Crippen LogP contribution in [0.25, 0.3) is 0 Å². The average Bonchev–Trinajstić information content (AvgIpc) is 2.37. The first-order valence-electron chi connectivity index (χ1n) is 7.20. The predicted octanol–water partition coefficient (Wildman–Crippen LogP) is 2.20. The van der Waals surface area contributed by atoms with Crippen LogP contribution in [0.15, 0.2) is 0 Å². The van der Waals surface area contributed by atoms with Crippen molar-refractivity contribution in [2.45, 2.75) is 58.8 Å². The Morgan fingerprint density at radius 3 is 2.15 bits per heavy atom. The van der Waals surface area contributed by atoms with E-state index in [4.69, 9.17) is 19.9 Å². The molecule has 6 nitrogen and oxygen atoms in total. The maximum Gasteiger partial charge on any atom is 0.511 e. The molecule has 1 unspecified atom stereocenters. The Morgan fingerprint density at radius 2 is 1.65 bits per heavy atom. The predicted molar refractivity (Wildman–Crippen MR) is 72.8 cm³/mol. The summed E-state index contributed by atoms with van der Waals surface area (Å²) < 4.78 is 14.8. The Bertz CT molecular complexity index is 324. The van der Waals surface area contributed by atoms with Gasteiger partial charge in [-0.2, -0.15) is 0 Å². The minimum atomic E-state index is -0.930. The molecule has 1 aliphatic rings. The van der Waals surface area contributed by atoms with Gasteiger partial charge in [0.05, 0.1) is 12.0 Å². The van der Waals surface area contributed by atoms with Crippen molar-refractivity contribution in [3.8, 4) is 0 Å². The maximum absolute atomic E-state index is 11.9. The Labute approximate surface area is 119 Å². The normalized spacial score (nSPS) is 24.1. The largest absolute Gasteiger partial charge is 0.511 e. The SMILES string of the molecule is CC(C)OC(=O)OC(C)OC(=O)C1CCC(CN)CC1. The molecule has 1 saturated carbocycles. The molecule has 0 heterocycles. The Hall–Kier alpha value is -1.30. The Balaban J connectivity index is 2.29. The Kier molecular flexibility index (Phi) is 6.78. The van der Waals surface area contributed by atoms with E-state index in [1.165, 1.54) is 6.92 Å². The monoisotopic (exact) mass is 287 g/mol. The van der Waals surface area contributed by atoms with Crippen molar-refractivity contribution in [3.63, 3.8) is 0 Å². The van der Waals surface area contributed by atoms with Gasteiger partial charge in [-0.1, -0.05) is 0 Å². The summed E-state index contributed by atoms with van der Waals surface area (Å²) >= 11 is 0. The molecule has 20 heavy (non-hydrogen) atoms. The second-order valence-corrected chi connectivity index (χ2v) is 5.49. The molecule has 2 N–H and O–H groups in total. The first-order valence-corrected chi connectivity index (χ1v) is 7.20. The smallest absolute Gasteiger partial charge is 0.431 e. The number of esters is 1. The maximum atomic E-state index is 11.9. The lowest BCUT2D eigenvalue weighted by Crippen LogP contribution is -2.30. The van der Waals surface area contributed by atoms with Crippen LogP contribution in [-0.2, 0) is 19.0 Å². The van der Waals surface area contributed by atoms with E-state index in [0.717, 1.165) is 25.7 Å². The van der Waals surface area contributed by atoms with Crippen LogP contribution < -0.4 is 5.73 Å². The highest BCUT2D eigenvalue weighted by Gasteiger charge is 2.28. The third-order valence-corrected chi connectivity index (χ3v) is 3.39. The van der Waals surface area contributed by atoms with Gasteiger partial charge in [-0.25, -0.2) is 4.79 Å². The molecule has 0 spiro atoms. The van der Waals surface area contributed by atoms with Crippen LogP contribution >= 0.6 is 0 Å². The van der Waals surface area contributed by atoms with Crippen molar-refractivity contribution in [1.29, 1.82) is 0 Å². The van der Waals surface area contributed by atoms with E-state index in [1.54, 1.807) is 13.8 Å². The van der Waals surface area contributed by atoms with E-state index in [2.05, 4.69) is 0 Å². The van der Waals surface area contributed by atoms with Crippen LogP contribution in [-0.4, -0.2) is 31.1 Å². The zero-order valence-electron chi connectivity index (χ0n) is 12.5. The molecule has 0 aromatic heterocycles. The van der Waals surface area contributed by atoms with Gasteiger partial charge in [0.25, 0.3) is 0 Å². The van der Waals surface area contributed by atoms with Gasteiger partial charge in [-0.15, -0.1) is 0 Å². The third-order valence-electron chi connectivity index (χ3n) is 3.39. The number of hydrogen-bond donors (Lipinski definition) is 1. The van der Waals surface area contributed by atoms with Crippen LogP contribution in [0, 0.1) is 11.8 Å². The van der Waals surface area contributed by atoms with Gasteiger partial charge in [-0.05, 0) is 52.0 Å². The van der Waals surface area contributed by atoms with Crippen molar-refractivity contribution >= 4 is 12.1 Å². The summed E-state index contributed by atoms with van der Waals surface area (Å²) in [5.74, 6) is 0.0732. The molecule has 1 atom stereocenters. The first-order chi connectivity index (χ1) is 9.42. The van der Waals surface area contributed by atoms with Gasteiger partial charge in [-0.3, -0.25) is 4.79 Å². The molecule has 0 amide bonds. The number of ether oxygens (including phenoxy) is 3. The van der Waals surface area contributed by atoms with E-state index in [-0.39, 0.29) is 18.0 Å². The quantitative estimate of drug-likeness (QED) is 0.616. The van der Waals surface area contributed by atoms with E-state index < -0.39 is 12.4 Å². The first kappa shape index (κ1) is 16.8. The van der Waals surface area contributed by atoms with Crippen LogP contribution in [0.4, 0.5) is 4.79 Å². The highest BCUT2D eigenvalue weighted by molar-refractivity contribution is 5.72. The van der Waals surface area contributed by atoms with Crippen LogP contribution in [0.5, 0.6) is 0 Å². The average molecular weight is 287 g/mol. The molecule has 1 rings (SSSR count). The Morgan fingerprint density at radius 1 is 1.05 bits per heavy atom. The van der Waals surface area contributed by atoms with Crippen molar-refractivity contribution in [3.05, 3.63) is 0 Å². The molecule has 6 heteroatoms. The fourth-order valence-electron chi connectivity index (χ4n) is 2.27. The van der Waals surface area contributed by atoms with Crippen molar-refractivity contribution < 1.29 is 23.8 Å². The molecular formula is C14H25NO5. The second-order valence-electron chi connectivity index (χ2n) is 5.49. The molecule has 1 fully saturated rings. The van der Waals surface area contributed by atoms with Gasteiger partial charge in [0.2, 0.25) is 6.29 Å². The minimum Gasteiger partial charge on any atom is -0.431 e. The van der Waals surface area contributed by atoms with Gasteiger partial charge in [0, 0.05) is 6.92 Å². The summed E-state index contributed by atoms with van der Waals surface area (Å²) in [6.45, 7) is 5.61. The fourth-order valence-corrected chi connectivity index (χ4v) is 2.27. The number of carbonyl (C=O) groups excluding carboxylic acids is 2. The zero-order valence-corrected chi connectivity index (χ0v) is 12.5. The van der Waals surface area contributed by atoms with E-state index in [1.807, 2.05) is 0 Å². The molecule has 116 valence electrons. The summed E-state index contributed by atoms with van der Waals surface area (Å²) in [6.07, 6.45) is 1.43. The minimum absolute atomic E-state index is 0.120. The van der Waals surface area contributed by atoms with Crippen LogP contribution in [0.2, 0.25) is 0 Å². The molecule has 0 bridgehead atoms. The summed E-state index contributed by atoms with van der Waals surface area (Å²) in [6, 6.07) is 0. The lowest BCUT2D eigenvalue weighted by atomic mass is 9.82. The van der Waals surface area contributed by atoms with Crippen molar-refractivity contribution in [2.75, 3.05) is 6.54 Å². The standard InChI is InChI=1S/C14H25NO5/c1-9(2)18-14(17)20-10(3)19-13(16)12-6-4-11(8-15)5-7-12/h9-12H,4-8,15H2,1-3H3. The topological polar surface area (TPSA) is 87.9 Å². The van der Waals surface area contributed by atoms with E-state index >= 15 is 0 Å². The molecule has 0 saturated heterocycles. The molecule has 0 radical (unpaired) electrons. The van der Waals surface area contributed by atoms with Gasteiger partial charge < -0.3 is 19.9 Å². The van der Waals surface area contributed by atoms with Crippen molar-refractivity contribution in [1.82, 2.24) is 0 Å².